The number of alkyl halides is 1. The van der Waals surface area contributed by atoms with Crippen LogP contribution in [0.5, 0.6) is 5.75 Å². The van der Waals surface area contributed by atoms with Crippen LogP contribution in [-0.4, -0.2) is 14.7 Å². The second-order valence-corrected chi connectivity index (χ2v) is 4.52. The van der Waals surface area contributed by atoms with E-state index >= 15 is 0 Å². The topological polar surface area (TPSA) is 70.2 Å². The van der Waals surface area contributed by atoms with Gasteiger partial charge in [0.25, 0.3) is 0 Å². The average molecular weight is 326 g/mol. The van der Waals surface area contributed by atoms with E-state index in [4.69, 9.17) is 4.74 Å². The lowest BCUT2D eigenvalue weighted by Crippen LogP contribution is -2.01. The van der Waals surface area contributed by atoms with Crippen LogP contribution in [0.1, 0.15) is 11.3 Å². The van der Waals surface area contributed by atoms with Crippen molar-refractivity contribution < 1.29 is 9.66 Å². The largest absolute Gasteiger partial charge is 0.480 e. The van der Waals surface area contributed by atoms with Gasteiger partial charge >= 0.3 is 5.69 Å². The van der Waals surface area contributed by atoms with E-state index in [9.17, 15) is 10.1 Å². The molecule has 0 unspecified atom stereocenters. The van der Waals surface area contributed by atoms with Gasteiger partial charge < -0.3 is 4.74 Å². The lowest BCUT2D eigenvalue weighted by atomic mass is 10.2. The van der Waals surface area contributed by atoms with E-state index in [1.807, 2.05) is 0 Å². The van der Waals surface area contributed by atoms with Gasteiger partial charge in [-0.05, 0) is 17.7 Å². The first-order chi connectivity index (χ1) is 9.10. The minimum Gasteiger partial charge on any atom is -0.480 e. The molecule has 0 saturated heterocycles. The smallest absolute Gasteiger partial charge is 0.310 e. The molecule has 19 heavy (non-hydrogen) atoms. The first kappa shape index (κ1) is 13.5. The summed E-state index contributed by atoms with van der Waals surface area (Å²) < 4.78 is 7.16. The Morgan fingerprint density at radius 2 is 2.26 bits per heavy atom. The maximum atomic E-state index is 10.9. The van der Waals surface area contributed by atoms with Crippen LogP contribution in [0.2, 0.25) is 0 Å². The van der Waals surface area contributed by atoms with E-state index in [0.29, 0.717) is 5.33 Å². The van der Waals surface area contributed by atoms with Crippen LogP contribution in [-0.2, 0) is 19.0 Å². The Bertz CT molecular complexity index is 598. The third-order valence-electron chi connectivity index (χ3n) is 2.52. The van der Waals surface area contributed by atoms with Gasteiger partial charge in [0.05, 0.1) is 10.6 Å². The molecule has 0 atom stereocenters. The van der Waals surface area contributed by atoms with Crippen molar-refractivity contribution in [2.24, 2.45) is 7.05 Å². The third-order valence-corrected chi connectivity index (χ3v) is 3.17. The molecule has 0 aliphatic carbocycles. The van der Waals surface area contributed by atoms with Crippen molar-refractivity contribution in [2.45, 2.75) is 11.9 Å². The normalized spacial score (nSPS) is 10.4. The van der Waals surface area contributed by atoms with E-state index in [1.54, 1.807) is 36.1 Å². The molecule has 100 valence electrons. The zero-order valence-corrected chi connectivity index (χ0v) is 11.8. The number of hydrogen-bond donors (Lipinski definition) is 0. The van der Waals surface area contributed by atoms with E-state index in [1.165, 1.54) is 6.07 Å². The molecule has 0 radical (unpaired) electrons. The maximum absolute atomic E-state index is 10.9. The highest BCUT2D eigenvalue weighted by Crippen LogP contribution is 2.29. The Kier molecular flexibility index (Phi) is 4.16. The van der Waals surface area contributed by atoms with Gasteiger partial charge in [0.1, 0.15) is 6.61 Å². The molecular formula is C12H12BrN3O3. The zero-order chi connectivity index (χ0) is 13.8. The molecule has 1 heterocycles. The number of nitro benzene ring substituents is 1. The Labute approximate surface area is 118 Å². The number of aromatic nitrogens is 2. The molecule has 6 nitrogen and oxygen atoms in total. The number of aryl methyl sites for hydroxylation is 1. The fraction of sp³-hybridized carbons (Fsp3) is 0.250. The van der Waals surface area contributed by atoms with Crippen molar-refractivity contribution in [3.63, 3.8) is 0 Å². The Hall–Kier alpha value is -1.89. The van der Waals surface area contributed by atoms with Crippen LogP contribution in [0.4, 0.5) is 5.69 Å². The molecule has 2 rings (SSSR count). The molecule has 1 aromatic heterocycles. The lowest BCUT2D eigenvalue weighted by Gasteiger charge is -2.06. The molecule has 0 aliphatic rings. The van der Waals surface area contributed by atoms with Gasteiger partial charge in [-0.2, -0.15) is 5.10 Å². The van der Waals surface area contributed by atoms with Gasteiger partial charge in [-0.25, -0.2) is 0 Å². The highest BCUT2D eigenvalue weighted by molar-refractivity contribution is 9.08. The number of rotatable bonds is 5. The summed E-state index contributed by atoms with van der Waals surface area (Å²) in [7, 11) is 1.80. The van der Waals surface area contributed by atoms with Gasteiger partial charge in [-0.15, -0.1) is 0 Å². The van der Waals surface area contributed by atoms with Gasteiger partial charge in [-0.1, -0.05) is 22.0 Å². The number of halogens is 1. The average Bonchev–Trinajstić information content (AvgIpc) is 2.81. The van der Waals surface area contributed by atoms with Crippen LogP contribution in [0.3, 0.4) is 0 Å². The third kappa shape index (κ3) is 3.31. The standard InChI is InChI=1S/C12H12BrN3O3/c1-15-5-4-10(14-15)8-19-12-6-9(7-13)2-3-11(12)16(17)18/h2-6H,7-8H2,1H3. The summed E-state index contributed by atoms with van der Waals surface area (Å²) in [5, 5.41) is 15.7. The van der Waals surface area contributed by atoms with Crippen LogP contribution in [0.15, 0.2) is 30.5 Å². The highest BCUT2D eigenvalue weighted by atomic mass is 79.9. The molecule has 0 saturated carbocycles. The minimum atomic E-state index is -0.453. The van der Waals surface area contributed by atoms with Crippen LogP contribution in [0.25, 0.3) is 0 Å². The summed E-state index contributed by atoms with van der Waals surface area (Å²) >= 11 is 3.31. The molecule has 0 bridgehead atoms. The molecule has 0 fully saturated rings. The molecule has 1 aromatic carbocycles. The van der Waals surface area contributed by atoms with Crippen molar-refractivity contribution >= 4 is 21.6 Å². The number of ether oxygens (including phenoxy) is 1. The molecular weight excluding hydrogens is 314 g/mol. The highest BCUT2D eigenvalue weighted by Gasteiger charge is 2.15. The van der Waals surface area contributed by atoms with Crippen molar-refractivity contribution in [3.05, 3.63) is 51.8 Å². The lowest BCUT2D eigenvalue weighted by molar-refractivity contribution is -0.386. The molecule has 0 aliphatic heterocycles. The Morgan fingerprint density at radius 3 is 2.84 bits per heavy atom. The molecule has 7 heteroatoms. The summed E-state index contributed by atoms with van der Waals surface area (Å²) in [5.74, 6) is 0.257. The van der Waals surface area contributed by atoms with Gasteiger partial charge in [0, 0.05) is 24.6 Å². The second kappa shape index (κ2) is 5.83. The summed E-state index contributed by atoms with van der Waals surface area (Å²) in [4.78, 5) is 10.5. The molecule has 2 aromatic rings. The summed E-state index contributed by atoms with van der Waals surface area (Å²) in [6.45, 7) is 0.202. The molecule has 0 amide bonds. The van der Waals surface area contributed by atoms with E-state index in [0.717, 1.165) is 11.3 Å². The summed E-state index contributed by atoms with van der Waals surface area (Å²) in [5.41, 5.74) is 1.60. The van der Waals surface area contributed by atoms with Crippen molar-refractivity contribution in [2.75, 3.05) is 0 Å². The van der Waals surface area contributed by atoms with Gasteiger partial charge in [0.2, 0.25) is 0 Å². The van der Waals surface area contributed by atoms with E-state index in [2.05, 4.69) is 21.0 Å². The molecule has 0 spiro atoms. The Balaban J connectivity index is 2.19. The predicted molar refractivity (Wildman–Crippen MR) is 73.3 cm³/mol. The zero-order valence-electron chi connectivity index (χ0n) is 10.2. The maximum Gasteiger partial charge on any atom is 0.310 e. The molecule has 0 N–H and O–H groups in total. The van der Waals surface area contributed by atoms with Crippen molar-refractivity contribution in [3.8, 4) is 5.75 Å². The predicted octanol–water partition coefficient (Wildman–Crippen LogP) is 2.80. The van der Waals surface area contributed by atoms with Gasteiger partial charge in [-0.3, -0.25) is 14.8 Å². The first-order valence-electron chi connectivity index (χ1n) is 5.54. The summed E-state index contributed by atoms with van der Waals surface area (Å²) in [6.07, 6.45) is 1.79. The number of nitrogens with zero attached hydrogens (tertiary/aromatic N) is 3. The second-order valence-electron chi connectivity index (χ2n) is 3.96. The number of hydrogen-bond acceptors (Lipinski definition) is 4. The van der Waals surface area contributed by atoms with Gasteiger partial charge in [0.15, 0.2) is 5.75 Å². The van der Waals surface area contributed by atoms with E-state index < -0.39 is 4.92 Å². The van der Waals surface area contributed by atoms with Crippen LogP contribution >= 0.6 is 15.9 Å². The van der Waals surface area contributed by atoms with E-state index in [-0.39, 0.29) is 18.0 Å². The minimum absolute atomic E-state index is 0.0411. The Morgan fingerprint density at radius 1 is 1.47 bits per heavy atom. The van der Waals surface area contributed by atoms with Crippen LogP contribution in [0, 0.1) is 10.1 Å². The summed E-state index contributed by atoms with van der Waals surface area (Å²) in [6, 6.07) is 6.61. The first-order valence-corrected chi connectivity index (χ1v) is 6.67. The number of nitro groups is 1. The quantitative estimate of drug-likeness (QED) is 0.481. The van der Waals surface area contributed by atoms with Crippen LogP contribution < -0.4 is 4.74 Å². The van der Waals surface area contributed by atoms with Crippen molar-refractivity contribution in [1.82, 2.24) is 9.78 Å². The van der Waals surface area contributed by atoms with Crippen molar-refractivity contribution in [1.29, 1.82) is 0 Å². The fourth-order valence-electron chi connectivity index (χ4n) is 1.60. The number of benzene rings is 1. The monoisotopic (exact) mass is 325 g/mol. The fourth-order valence-corrected chi connectivity index (χ4v) is 1.95. The SMILES string of the molecule is Cn1ccc(COc2cc(CBr)ccc2[N+](=O)[O-])n1.